The van der Waals surface area contributed by atoms with Gasteiger partial charge in [-0.3, -0.25) is 11.3 Å². The van der Waals surface area contributed by atoms with Crippen molar-refractivity contribution in [3.05, 3.63) is 34.6 Å². The molecule has 3 nitrogen and oxygen atoms in total. The molecule has 2 unspecified atom stereocenters. The summed E-state index contributed by atoms with van der Waals surface area (Å²) in [5.41, 5.74) is 3.53. The highest BCUT2D eigenvalue weighted by Gasteiger charge is 2.20. The van der Waals surface area contributed by atoms with Crippen LogP contribution in [0, 0.1) is 11.7 Å². The van der Waals surface area contributed by atoms with Crippen LogP contribution in [0.4, 0.5) is 4.39 Å². The standard InChI is InChI=1S/C12H18ClFN2O/c1-8(5-6-17-2)12(16-15)10-4-3-9(14)7-11(10)13/h3-4,7-8,12,16H,5-6,15H2,1-2H3. The third kappa shape index (κ3) is 3.92. The fourth-order valence-corrected chi connectivity index (χ4v) is 2.07. The van der Waals surface area contributed by atoms with E-state index >= 15 is 0 Å². The molecule has 0 bridgehead atoms. The molecule has 0 spiro atoms. The van der Waals surface area contributed by atoms with E-state index in [-0.39, 0.29) is 17.8 Å². The molecule has 96 valence electrons. The Morgan fingerprint density at radius 2 is 2.24 bits per heavy atom. The van der Waals surface area contributed by atoms with Gasteiger partial charge in [-0.05, 0) is 30.0 Å². The molecule has 0 aromatic heterocycles. The summed E-state index contributed by atoms with van der Waals surface area (Å²) in [6.07, 6.45) is 0.846. The highest BCUT2D eigenvalue weighted by Crippen LogP contribution is 2.29. The quantitative estimate of drug-likeness (QED) is 0.611. The summed E-state index contributed by atoms with van der Waals surface area (Å²) in [5, 5.41) is 0.386. The smallest absolute Gasteiger partial charge is 0.124 e. The number of nitrogens with two attached hydrogens (primary N) is 1. The van der Waals surface area contributed by atoms with Crippen molar-refractivity contribution in [2.45, 2.75) is 19.4 Å². The minimum absolute atomic E-state index is 0.113. The Balaban J connectivity index is 2.85. The summed E-state index contributed by atoms with van der Waals surface area (Å²) in [5.74, 6) is 5.43. The summed E-state index contributed by atoms with van der Waals surface area (Å²) in [7, 11) is 1.66. The van der Waals surface area contributed by atoms with Gasteiger partial charge >= 0.3 is 0 Å². The summed E-state index contributed by atoms with van der Waals surface area (Å²) in [6.45, 7) is 2.70. The summed E-state index contributed by atoms with van der Waals surface area (Å²) < 4.78 is 18.0. The molecule has 0 saturated heterocycles. The zero-order valence-corrected chi connectivity index (χ0v) is 10.8. The second kappa shape index (κ2) is 6.91. The van der Waals surface area contributed by atoms with Gasteiger partial charge < -0.3 is 4.74 Å². The maximum Gasteiger partial charge on any atom is 0.124 e. The molecule has 0 heterocycles. The first-order valence-electron chi connectivity index (χ1n) is 5.50. The van der Waals surface area contributed by atoms with Crippen molar-refractivity contribution in [3.63, 3.8) is 0 Å². The van der Waals surface area contributed by atoms with E-state index in [0.717, 1.165) is 12.0 Å². The molecule has 0 fully saturated rings. The minimum Gasteiger partial charge on any atom is -0.385 e. The highest BCUT2D eigenvalue weighted by molar-refractivity contribution is 6.31. The molecule has 0 saturated carbocycles. The second-order valence-electron chi connectivity index (χ2n) is 4.07. The first-order chi connectivity index (χ1) is 8.10. The zero-order valence-electron chi connectivity index (χ0n) is 10.0. The number of methoxy groups -OCH3 is 1. The molecule has 0 aliphatic rings. The molecule has 0 aliphatic heterocycles. The van der Waals surface area contributed by atoms with Gasteiger partial charge in [0, 0.05) is 18.7 Å². The van der Waals surface area contributed by atoms with Crippen LogP contribution in [0.25, 0.3) is 0 Å². The third-order valence-electron chi connectivity index (χ3n) is 2.82. The van der Waals surface area contributed by atoms with Gasteiger partial charge in [0.15, 0.2) is 0 Å². The van der Waals surface area contributed by atoms with Gasteiger partial charge in [0.25, 0.3) is 0 Å². The van der Waals surface area contributed by atoms with E-state index in [1.165, 1.54) is 12.1 Å². The van der Waals surface area contributed by atoms with Gasteiger partial charge in [-0.15, -0.1) is 0 Å². The molecule has 1 aromatic carbocycles. The van der Waals surface area contributed by atoms with Crippen LogP contribution in [-0.4, -0.2) is 13.7 Å². The number of nitrogens with one attached hydrogen (secondary N) is 1. The molecule has 1 rings (SSSR count). The Bertz CT molecular complexity index is 362. The van der Waals surface area contributed by atoms with E-state index in [9.17, 15) is 4.39 Å². The maximum absolute atomic E-state index is 13.0. The molecule has 17 heavy (non-hydrogen) atoms. The van der Waals surface area contributed by atoms with E-state index in [4.69, 9.17) is 22.2 Å². The van der Waals surface area contributed by atoms with E-state index in [0.29, 0.717) is 11.6 Å². The molecule has 1 aromatic rings. The fraction of sp³-hybridized carbons (Fsp3) is 0.500. The lowest BCUT2D eigenvalue weighted by Crippen LogP contribution is -2.33. The zero-order chi connectivity index (χ0) is 12.8. The van der Waals surface area contributed by atoms with Crippen LogP contribution in [0.5, 0.6) is 0 Å². The van der Waals surface area contributed by atoms with Crippen molar-refractivity contribution in [3.8, 4) is 0 Å². The largest absolute Gasteiger partial charge is 0.385 e. The van der Waals surface area contributed by atoms with E-state index in [1.807, 2.05) is 6.92 Å². The normalized spacial score (nSPS) is 14.6. The average molecular weight is 261 g/mol. The van der Waals surface area contributed by atoms with Crippen molar-refractivity contribution in [2.75, 3.05) is 13.7 Å². The number of ether oxygens (including phenoxy) is 1. The van der Waals surface area contributed by atoms with Crippen molar-refractivity contribution < 1.29 is 9.13 Å². The van der Waals surface area contributed by atoms with Crippen LogP contribution in [0.3, 0.4) is 0 Å². The fourth-order valence-electron chi connectivity index (χ4n) is 1.78. The van der Waals surface area contributed by atoms with Crippen LogP contribution >= 0.6 is 11.6 Å². The summed E-state index contributed by atoms with van der Waals surface area (Å²) >= 11 is 6.01. The first-order valence-corrected chi connectivity index (χ1v) is 5.88. The highest BCUT2D eigenvalue weighted by atomic mass is 35.5. The van der Waals surface area contributed by atoms with Crippen LogP contribution in [0.15, 0.2) is 18.2 Å². The van der Waals surface area contributed by atoms with Crippen molar-refractivity contribution in [1.82, 2.24) is 5.43 Å². The third-order valence-corrected chi connectivity index (χ3v) is 3.15. The average Bonchev–Trinajstić information content (AvgIpc) is 2.30. The van der Waals surface area contributed by atoms with Crippen molar-refractivity contribution >= 4 is 11.6 Å². The SMILES string of the molecule is COCCC(C)C(NN)c1ccc(F)cc1Cl. The van der Waals surface area contributed by atoms with E-state index in [2.05, 4.69) is 5.43 Å². The monoisotopic (exact) mass is 260 g/mol. The summed E-state index contributed by atoms with van der Waals surface area (Å²) in [6, 6.07) is 4.22. The Hall–Kier alpha value is -0.680. The minimum atomic E-state index is -0.348. The number of rotatable bonds is 6. The number of hydrogen-bond donors (Lipinski definition) is 2. The second-order valence-corrected chi connectivity index (χ2v) is 4.48. The van der Waals surface area contributed by atoms with Crippen LogP contribution in [0.1, 0.15) is 24.9 Å². The molecular formula is C12H18ClFN2O. The van der Waals surface area contributed by atoms with Crippen molar-refractivity contribution in [1.29, 1.82) is 0 Å². The van der Waals surface area contributed by atoms with Crippen LogP contribution in [-0.2, 0) is 4.74 Å². The molecule has 0 amide bonds. The molecule has 3 N–H and O–H groups in total. The molecule has 0 aliphatic carbocycles. The molecule has 2 atom stereocenters. The van der Waals surface area contributed by atoms with Crippen molar-refractivity contribution in [2.24, 2.45) is 11.8 Å². The summed E-state index contributed by atoms with van der Waals surface area (Å²) in [4.78, 5) is 0. The van der Waals surface area contributed by atoms with Gasteiger partial charge in [-0.1, -0.05) is 24.6 Å². The Morgan fingerprint density at radius 1 is 1.53 bits per heavy atom. The topological polar surface area (TPSA) is 47.3 Å². The van der Waals surface area contributed by atoms with Gasteiger partial charge in [0.05, 0.1) is 6.04 Å². The van der Waals surface area contributed by atoms with Crippen LogP contribution < -0.4 is 11.3 Å². The maximum atomic E-state index is 13.0. The lowest BCUT2D eigenvalue weighted by molar-refractivity contribution is 0.170. The number of halogens is 2. The Kier molecular flexibility index (Phi) is 5.85. The first kappa shape index (κ1) is 14.4. The number of hydrazine groups is 1. The van der Waals surface area contributed by atoms with Crippen LogP contribution in [0.2, 0.25) is 5.02 Å². The molecule has 0 radical (unpaired) electrons. The predicted octanol–water partition coefficient (Wildman–Crippen LogP) is 2.66. The van der Waals surface area contributed by atoms with Gasteiger partial charge in [-0.2, -0.15) is 0 Å². The number of benzene rings is 1. The van der Waals surface area contributed by atoms with Gasteiger partial charge in [0.1, 0.15) is 5.82 Å². The Labute approximate surface area is 106 Å². The Morgan fingerprint density at radius 3 is 2.76 bits per heavy atom. The predicted molar refractivity (Wildman–Crippen MR) is 67.1 cm³/mol. The van der Waals surface area contributed by atoms with E-state index < -0.39 is 0 Å². The lowest BCUT2D eigenvalue weighted by atomic mass is 9.92. The lowest BCUT2D eigenvalue weighted by Gasteiger charge is -2.24. The van der Waals surface area contributed by atoms with E-state index in [1.54, 1.807) is 13.2 Å². The molecular weight excluding hydrogens is 243 g/mol. The number of hydrogen-bond acceptors (Lipinski definition) is 3. The molecule has 5 heteroatoms. The van der Waals surface area contributed by atoms with Gasteiger partial charge in [0.2, 0.25) is 0 Å². The van der Waals surface area contributed by atoms with Gasteiger partial charge in [-0.25, -0.2) is 4.39 Å².